The van der Waals surface area contributed by atoms with E-state index < -0.39 is 5.41 Å². The van der Waals surface area contributed by atoms with Crippen LogP contribution in [0.15, 0.2) is 115 Å². The van der Waals surface area contributed by atoms with Gasteiger partial charge in [-0.1, -0.05) is 130 Å². The minimum absolute atomic E-state index is 0.119. The van der Waals surface area contributed by atoms with E-state index in [1.54, 1.807) is 12.1 Å². The normalized spacial score (nSPS) is 13.9. The Morgan fingerprint density at radius 3 is 1.79 bits per heavy atom. The molecule has 1 aromatic heterocycles. The van der Waals surface area contributed by atoms with Gasteiger partial charge in [-0.2, -0.15) is 9.97 Å². The highest BCUT2D eigenvalue weighted by Gasteiger charge is 2.51. The lowest BCUT2D eigenvalue weighted by molar-refractivity contribution is 0.217. The second-order valence-corrected chi connectivity index (χ2v) is 12.7. The highest BCUT2D eigenvalue weighted by molar-refractivity contribution is 5.95. The van der Waals surface area contributed by atoms with Crippen LogP contribution in [0.5, 0.6) is 11.8 Å². The third-order valence-corrected chi connectivity index (χ3v) is 10.0. The number of phenols is 1. The molecular formula is C42H37N3O2. The van der Waals surface area contributed by atoms with Crippen molar-refractivity contribution in [2.75, 3.05) is 6.61 Å². The van der Waals surface area contributed by atoms with Crippen molar-refractivity contribution < 1.29 is 9.84 Å². The lowest BCUT2D eigenvalue weighted by Gasteiger charge is -2.30. The van der Waals surface area contributed by atoms with Crippen LogP contribution in [-0.2, 0) is 5.41 Å². The first-order valence-electron chi connectivity index (χ1n) is 16.7. The quantitative estimate of drug-likeness (QED) is 0.175. The Balaban J connectivity index is 1.28. The van der Waals surface area contributed by atoms with Crippen molar-refractivity contribution in [3.63, 3.8) is 0 Å². The summed E-state index contributed by atoms with van der Waals surface area (Å²) in [5, 5.41) is 10.7. The standard InChI is InChI=1S/C42H37N3O2/c1-3-5-14-27(4-2)26-47-41-44-39(43-40(45-41)32-18-9-13-22-38(32)46)28-23-24-37-33(25-28)31-17-8-12-21-36(31)42(37)34-19-10-6-15-29(34)30-16-7-11-20-35(30)42/h6-13,15-25,27,46H,3-5,14,26H2,1-2H3. The van der Waals surface area contributed by atoms with Crippen molar-refractivity contribution in [2.45, 2.75) is 44.9 Å². The summed E-state index contributed by atoms with van der Waals surface area (Å²) in [6.07, 6.45) is 4.46. The first kappa shape index (κ1) is 29.1. The summed E-state index contributed by atoms with van der Waals surface area (Å²) in [4.78, 5) is 14.5. The maximum atomic E-state index is 10.7. The number of nitrogens with zero attached hydrogens (tertiary/aromatic N) is 3. The largest absolute Gasteiger partial charge is 0.507 e. The van der Waals surface area contributed by atoms with E-state index in [0.29, 0.717) is 29.7 Å². The molecule has 6 aromatic rings. The summed E-state index contributed by atoms with van der Waals surface area (Å²) in [7, 11) is 0. The van der Waals surface area contributed by atoms with Gasteiger partial charge in [0.15, 0.2) is 11.6 Å². The zero-order chi connectivity index (χ0) is 32.0. The Kier molecular flexibility index (Phi) is 7.32. The summed E-state index contributed by atoms with van der Waals surface area (Å²) < 4.78 is 6.28. The Labute approximate surface area is 276 Å². The van der Waals surface area contributed by atoms with Crippen molar-refractivity contribution >= 4 is 0 Å². The number of aromatic nitrogens is 3. The maximum absolute atomic E-state index is 10.7. The minimum Gasteiger partial charge on any atom is -0.507 e. The lowest BCUT2D eigenvalue weighted by atomic mass is 9.70. The molecule has 2 aliphatic rings. The van der Waals surface area contributed by atoms with E-state index in [-0.39, 0.29) is 11.8 Å². The van der Waals surface area contributed by atoms with Crippen LogP contribution in [0.3, 0.4) is 0 Å². The summed E-state index contributed by atoms with van der Waals surface area (Å²) in [5.74, 6) is 1.45. The van der Waals surface area contributed by atoms with Gasteiger partial charge in [0.1, 0.15) is 5.75 Å². The smallest absolute Gasteiger partial charge is 0.320 e. The van der Waals surface area contributed by atoms with E-state index >= 15 is 0 Å². The molecule has 232 valence electrons. The van der Waals surface area contributed by atoms with Crippen LogP contribution < -0.4 is 4.74 Å². The second-order valence-electron chi connectivity index (χ2n) is 12.7. The van der Waals surface area contributed by atoms with Gasteiger partial charge in [-0.3, -0.25) is 0 Å². The number of fused-ring (bicyclic) bond motifs is 10. The van der Waals surface area contributed by atoms with Gasteiger partial charge in [0.05, 0.1) is 17.6 Å². The van der Waals surface area contributed by atoms with E-state index in [2.05, 4.69) is 110 Å². The van der Waals surface area contributed by atoms with Crippen molar-refractivity contribution in [1.29, 1.82) is 0 Å². The van der Waals surface area contributed by atoms with E-state index in [4.69, 9.17) is 14.7 Å². The van der Waals surface area contributed by atoms with Crippen LogP contribution in [0.4, 0.5) is 0 Å². The van der Waals surface area contributed by atoms with Gasteiger partial charge in [0, 0.05) is 5.56 Å². The van der Waals surface area contributed by atoms with Gasteiger partial charge in [-0.05, 0) is 75.0 Å². The van der Waals surface area contributed by atoms with E-state index in [9.17, 15) is 5.11 Å². The predicted octanol–water partition coefficient (Wildman–Crippen LogP) is 9.85. The lowest BCUT2D eigenvalue weighted by Crippen LogP contribution is -2.25. The first-order valence-corrected chi connectivity index (χ1v) is 16.7. The first-order chi connectivity index (χ1) is 23.1. The molecule has 5 heteroatoms. The molecule has 0 saturated carbocycles. The van der Waals surface area contributed by atoms with Crippen LogP contribution in [0.25, 0.3) is 45.0 Å². The van der Waals surface area contributed by atoms with Gasteiger partial charge in [-0.15, -0.1) is 0 Å². The molecule has 0 saturated heterocycles. The van der Waals surface area contributed by atoms with E-state index in [1.807, 2.05) is 12.1 Å². The molecule has 1 heterocycles. The number of rotatable bonds is 9. The Bertz CT molecular complexity index is 2070. The molecule has 0 bridgehead atoms. The van der Waals surface area contributed by atoms with E-state index in [1.165, 1.54) is 50.9 Å². The van der Waals surface area contributed by atoms with Gasteiger partial charge < -0.3 is 9.84 Å². The van der Waals surface area contributed by atoms with Crippen molar-refractivity contribution in [3.8, 4) is 56.8 Å². The molecule has 0 amide bonds. The van der Waals surface area contributed by atoms with Crippen molar-refractivity contribution in [3.05, 3.63) is 138 Å². The van der Waals surface area contributed by atoms with Crippen molar-refractivity contribution in [2.24, 2.45) is 5.92 Å². The number of para-hydroxylation sites is 1. The molecule has 1 atom stereocenters. The SMILES string of the molecule is CCCCC(CC)COc1nc(-c2ccc3c(c2)-c2ccccc2C32c3ccccc3-c3ccccc32)nc(-c2ccccc2O)n1. The molecule has 0 radical (unpaired) electrons. The fourth-order valence-electron chi connectivity index (χ4n) is 7.66. The molecule has 47 heavy (non-hydrogen) atoms. The monoisotopic (exact) mass is 615 g/mol. The molecular weight excluding hydrogens is 578 g/mol. The minimum atomic E-state index is -0.403. The van der Waals surface area contributed by atoms with Crippen LogP contribution in [0, 0.1) is 5.92 Å². The number of ether oxygens (including phenoxy) is 1. The molecule has 8 rings (SSSR count). The molecule has 2 aliphatic carbocycles. The second kappa shape index (κ2) is 11.8. The van der Waals surface area contributed by atoms with Crippen LogP contribution in [0.2, 0.25) is 0 Å². The van der Waals surface area contributed by atoms with Gasteiger partial charge in [-0.25, -0.2) is 4.98 Å². The molecule has 5 nitrogen and oxygen atoms in total. The average Bonchev–Trinajstić information content (AvgIpc) is 3.59. The molecule has 0 aliphatic heterocycles. The maximum Gasteiger partial charge on any atom is 0.320 e. The van der Waals surface area contributed by atoms with Gasteiger partial charge in [0.2, 0.25) is 0 Å². The van der Waals surface area contributed by atoms with Gasteiger partial charge in [0.25, 0.3) is 0 Å². The predicted molar refractivity (Wildman–Crippen MR) is 187 cm³/mol. The van der Waals surface area contributed by atoms with Gasteiger partial charge >= 0.3 is 6.01 Å². The number of hydrogen-bond donors (Lipinski definition) is 1. The number of hydrogen-bond acceptors (Lipinski definition) is 5. The molecule has 1 unspecified atom stereocenters. The fraction of sp³-hybridized carbons (Fsp3) is 0.214. The molecule has 5 aromatic carbocycles. The molecule has 1 spiro atoms. The molecule has 0 fully saturated rings. The summed E-state index contributed by atoms with van der Waals surface area (Å²) in [6, 6.07) is 40.4. The number of benzene rings is 5. The summed E-state index contributed by atoms with van der Waals surface area (Å²) in [6.45, 7) is 4.96. The average molecular weight is 616 g/mol. The van der Waals surface area contributed by atoms with Crippen LogP contribution in [-0.4, -0.2) is 26.7 Å². The topological polar surface area (TPSA) is 68.1 Å². The van der Waals surface area contributed by atoms with Crippen molar-refractivity contribution in [1.82, 2.24) is 15.0 Å². The van der Waals surface area contributed by atoms with Crippen LogP contribution in [0.1, 0.15) is 61.8 Å². The number of unbranched alkanes of at least 4 members (excludes halogenated alkanes) is 1. The Morgan fingerprint density at radius 2 is 1.17 bits per heavy atom. The molecule has 1 N–H and O–H groups in total. The van der Waals surface area contributed by atoms with Crippen LogP contribution >= 0.6 is 0 Å². The fourth-order valence-corrected chi connectivity index (χ4v) is 7.66. The zero-order valence-corrected chi connectivity index (χ0v) is 26.8. The third-order valence-electron chi connectivity index (χ3n) is 10.0. The Hall–Kier alpha value is -5.29. The summed E-state index contributed by atoms with van der Waals surface area (Å²) >= 11 is 0. The number of phenolic OH excluding ortho intramolecular Hbond substituents is 1. The third kappa shape index (κ3) is 4.64. The summed E-state index contributed by atoms with van der Waals surface area (Å²) in [5.41, 5.74) is 11.1. The number of aromatic hydroxyl groups is 1. The highest BCUT2D eigenvalue weighted by atomic mass is 16.5. The zero-order valence-electron chi connectivity index (χ0n) is 26.8. The van der Waals surface area contributed by atoms with E-state index in [0.717, 1.165) is 24.8 Å². The Morgan fingerprint density at radius 1 is 0.617 bits per heavy atom. The highest BCUT2D eigenvalue weighted by Crippen LogP contribution is 2.62.